The molecule has 2 aromatic carbocycles. The van der Waals surface area contributed by atoms with Gasteiger partial charge in [-0.3, -0.25) is 0 Å². The van der Waals surface area contributed by atoms with Crippen molar-refractivity contribution in [2.45, 2.75) is 13.0 Å². The molecular weight excluding hydrogens is 254 g/mol. The Morgan fingerprint density at radius 2 is 1.60 bits per heavy atom. The third kappa shape index (κ3) is 4.17. The molecule has 0 amide bonds. The lowest BCUT2D eigenvalue weighted by molar-refractivity contribution is 0.248. The molecule has 0 saturated carbocycles. The molecule has 0 aliphatic carbocycles. The summed E-state index contributed by atoms with van der Waals surface area (Å²) in [5.74, 6) is 1.50. The Bertz CT molecular complexity index is 526. The molecule has 2 rings (SSSR count). The molecule has 0 aromatic heterocycles. The van der Waals surface area contributed by atoms with Gasteiger partial charge in [0.2, 0.25) is 0 Å². The summed E-state index contributed by atoms with van der Waals surface area (Å²) in [5.41, 5.74) is 7.30. The number of nitrogens with two attached hydrogens (primary N) is 1. The van der Waals surface area contributed by atoms with E-state index < -0.39 is 0 Å². The maximum Gasteiger partial charge on any atom is 0.142 e. The van der Waals surface area contributed by atoms with Crippen LogP contribution in [-0.4, -0.2) is 18.3 Å². The second-order valence-electron chi connectivity index (χ2n) is 4.39. The molecule has 2 aromatic rings. The van der Waals surface area contributed by atoms with Gasteiger partial charge in [0.25, 0.3) is 0 Å². The number of aliphatic hydroxyl groups excluding tert-OH is 1. The van der Waals surface area contributed by atoms with Crippen LogP contribution in [0, 0.1) is 0 Å². The molecule has 0 heterocycles. The van der Waals surface area contributed by atoms with Crippen LogP contribution in [0.4, 0.5) is 5.69 Å². The third-order valence-electron chi connectivity index (χ3n) is 2.84. The number of rotatable bonds is 7. The minimum atomic E-state index is 0.0482. The topological polar surface area (TPSA) is 64.7 Å². The summed E-state index contributed by atoms with van der Waals surface area (Å²) in [4.78, 5) is 0. The normalized spacial score (nSPS) is 10.2. The predicted molar refractivity (Wildman–Crippen MR) is 78.8 cm³/mol. The second kappa shape index (κ2) is 7.40. The number of hydrogen-bond acceptors (Lipinski definition) is 4. The van der Waals surface area contributed by atoms with Crippen molar-refractivity contribution in [3.63, 3.8) is 0 Å². The van der Waals surface area contributed by atoms with Crippen molar-refractivity contribution in [2.24, 2.45) is 0 Å². The van der Waals surface area contributed by atoms with Gasteiger partial charge in [-0.1, -0.05) is 24.3 Å². The molecule has 0 aliphatic rings. The Labute approximate surface area is 118 Å². The van der Waals surface area contributed by atoms with Gasteiger partial charge in [-0.15, -0.1) is 0 Å². The molecule has 106 valence electrons. The molecule has 0 aliphatic heterocycles. The Hall–Kier alpha value is -2.20. The van der Waals surface area contributed by atoms with Crippen LogP contribution >= 0.6 is 0 Å². The first kappa shape index (κ1) is 14.2. The van der Waals surface area contributed by atoms with E-state index >= 15 is 0 Å². The van der Waals surface area contributed by atoms with Gasteiger partial charge in [-0.05, 0) is 29.8 Å². The zero-order valence-corrected chi connectivity index (χ0v) is 11.3. The predicted octanol–water partition coefficient (Wildman–Crippen LogP) is 2.61. The highest BCUT2D eigenvalue weighted by atomic mass is 16.5. The number of benzene rings is 2. The van der Waals surface area contributed by atoms with Gasteiger partial charge in [-0.25, -0.2) is 0 Å². The monoisotopic (exact) mass is 273 g/mol. The second-order valence-corrected chi connectivity index (χ2v) is 4.39. The zero-order chi connectivity index (χ0) is 14.2. The molecule has 20 heavy (non-hydrogen) atoms. The van der Waals surface area contributed by atoms with Gasteiger partial charge < -0.3 is 20.3 Å². The van der Waals surface area contributed by atoms with E-state index in [0.717, 1.165) is 17.7 Å². The van der Waals surface area contributed by atoms with Gasteiger partial charge in [0.05, 0.1) is 25.5 Å². The van der Waals surface area contributed by atoms with E-state index in [1.54, 1.807) is 0 Å². The molecular formula is C16H19NO3. The minimum Gasteiger partial charge on any atom is -0.493 e. The molecule has 0 unspecified atom stereocenters. The summed E-state index contributed by atoms with van der Waals surface area (Å²) >= 11 is 0. The Morgan fingerprint density at radius 1 is 0.900 bits per heavy atom. The zero-order valence-electron chi connectivity index (χ0n) is 11.3. The van der Waals surface area contributed by atoms with Crippen LogP contribution in [0.15, 0.2) is 48.5 Å². The van der Waals surface area contributed by atoms with Crippen LogP contribution in [0.25, 0.3) is 0 Å². The van der Waals surface area contributed by atoms with Crippen LogP contribution in [0.5, 0.6) is 11.5 Å². The molecule has 0 saturated heterocycles. The van der Waals surface area contributed by atoms with Crippen molar-refractivity contribution in [1.82, 2.24) is 0 Å². The highest BCUT2D eigenvalue weighted by Gasteiger charge is 1.99. The van der Waals surface area contributed by atoms with Crippen LogP contribution in [0.3, 0.4) is 0 Å². The molecule has 0 atom stereocenters. The summed E-state index contributed by atoms with van der Waals surface area (Å²) in [5, 5.41) is 8.94. The van der Waals surface area contributed by atoms with Crippen molar-refractivity contribution in [3.05, 3.63) is 54.1 Å². The smallest absolute Gasteiger partial charge is 0.142 e. The van der Waals surface area contributed by atoms with Crippen LogP contribution in [0.2, 0.25) is 0 Å². The Balaban J connectivity index is 1.67. The van der Waals surface area contributed by atoms with Crippen molar-refractivity contribution in [2.75, 3.05) is 18.9 Å². The molecule has 0 bridgehead atoms. The minimum absolute atomic E-state index is 0.0482. The number of para-hydroxylation sites is 2. The number of nitrogen functional groups attached to an aromatic ring is 1. The van der Waals surface area contributed by atoms with E-state index in [2.05, 4.69) is 0 Å². The summed E-state index contributed by atoms with van der Waals surface area (Å²) in [6.07, 6.45) is 0.774. The van der Waals surface area contributed by atoms with Crippen molar-refractivity contribution < 1.29 is 14.6 Å². The lowest BCUT2D eigenvalue weighted by atomic mass is 10.2. The van der Waals surface area contributed by atoms with Crippen LogP contribution < -0.4 is 15.2 Å². The summed E-state index contributed by atoms with van der Waals surface area (Å²) < 4.78 is 11.2. The van der Waals surface area contributed by atoms with Crippen LogP contribution in [-0.2, 0) is 6.61 Å². The number of anilines is 1. The number of ether oxygens (including phenoxy) is 2. The standard InChI is InChI=1S/C16H19NO3/c17-15-4-1-2-5-16(15)20-11-3-10-19-14-8-6-13(12-18)7-9-14/h1-2,4-9,18H,3,10-12,17H2. The first-order valence-corrected chi connectivity index (χ1v) is 6.59. The molecule has 0 spiro atoms. The molecule has 0 fully saturated rings. The van der Waals surface area contributed by atoms with Crippen molar-refractivity contribution in [1.29, 1.82) is 0 Å². The number of aliphatic hydroxyl groups is 1. The van der Waals surface area contributed by atoms with E-state index in [0.29, 0.717) is 24.7 Å². The van der Waals surface area contributed by atoms with E-state index in [-0.39, 0.29) is 6.61 Å². The van der Waals surface area contributed by atoms with Crippen molar-refractivity contribution >= 4 is 5.69 Å². The molecule has 4 heteroatoms. The number of hydrogen-bond donors (Lipinski definition) is 2. The Morgan fingerprint density at radius 3 is 2.30 bits per heavy atom. The van der Waals surface area contributed by atoms with E-state index in [9.17, 15) is 0 Å². The van der Waals surface area contributed by atoms with Crippen LogP contribution in [0.1, 0.15) is 12.0 Å². The largest absolute Gasteiger partial charge is 0.493 e. The maximum atomic E-state index is 8.94. The fourth-order valence-corrected chi connectivity index (χ4v) is 1.73. The first-order valence-electron chi connectivity index (χ1n) is 6.59. The maximum absolute atomic E-state index is 8.94. The lowest BCUT2D eigenvalue weighted by Gasteiger charge is -2.09. The van der Waals surface area contributed by atoms with Gasteiger partial charge in [0.15, 0.2) is 0 Å². The van der Waals surface area contributed by atoms with Crippen molar-refractivity contribution in [3.8, 4) is 11.5 Å². The van der Waals surface area contributed by atoms with E-state index in [1.807, 2.05) is 48.5 Å². The fraction of sp³-hybridized carbons (Fsp3) is 0.250. The van der Waals surface area contributed by atoms with Gasteiger partial charge in [0.1, 0.15) is 11.5 Å². The SMILES string of the molecule is Nc1ccccc1OCCCOc1ccc(CO)cc1. The third-order valence-corrected chi connectivity index (χ3v) is 2.84. The van der Waals surface area contributed by atoms with E-state index in [1.165, 1.54) is 0 Å². The molecule has 4 nitrogen and oxygen atoms in total. The summed E-state index contributed by atoms with van der Waals surface area (Å²) in [6, 6.07) is 14.8. The highest BCUT2D eigenvalue weighted by Crippen LogP contribution is 2.19. The molecule has 3 N–H and O–H groups in total. The van der Waals surface area contributed by atoms with Gasteiger partial charge in [0, 0.05) is 6.42 Å². The average Bonchev–Trinajstić information content (AvgIpc) is 2.49. The summed E-state index contributed by atoms with van der Waals surface area (Å²) in [6.45, 7) is 1.18. The molecule has 0 radical (unpaired) electrons. The lowest BCUT2D eigenvalue weighted by Crippen LogP contribution is -2.06. The average molecular weight is 273 g/mol. The van der Waals surface area contributed by atoms with Gasteiger partial charge >= 0.3 is 0 Å². The van der Waals surface area contributed by atoms with E-state index in [4.69, 9.17) is 20.3 Å². The summed E-state index contributed by atoms with van der Waals surface area (Å²) in [7, 11) is 0. The quantitative estimate of drug-likeness (QED) is 0.601. The Kier molecular flexibility index (Phi) is 5.26. The highest BCUT2D eigenvalue weighted by molar-refractivity contribution is 5.51. The van der Waals surface area contributed by atoms with Gasteiger partial charge in [-0.2, -0.15) is 0 Å². The first-order chi connectivity index (χ1) is 9.79. The fourth-order valence-electron chi connectivity index (χ4n) is 1.73.